The normalized spacial score (nSPS) is 12.2. The Balaban J connectivity index is 2.21. The zero-order chi connectivity index (χ0) is 13.1. The van der Waals surface area contributed by atoms with Gasteiger partial charge >= 0.3 is 0 Å². The van der Waals surface area contributed by atoms with Crippen molar-refractivity contribution in [1.82, 2.24) is 0 Å². The third kappa shape index (κ3) is 3.28. The van der Waals surface area contributed by atoms with Crippen LogP contribution in [-0.4, -0.2) is 0 Å². The maximum atomic E-state index is 6.07. The van der Waals surface area contributed by atoms with Gasteiger partial charge in [0.1, 0.15) is 0 Å². The molecule has 0 radical (unpaired) electrons. The van der Waals surface area contributed by atoms with Crippen molar-refractivity contribution < 1.29 is 0 Å². The van der Waals surface area contributed by atoms with Crippen molar-refractivity contribution in [2.45, 2.75) is 13.0 Å². The summed E-state index contributed by atoms with van der Waals surface area (Å²) in [7, 11) is 0. The molecule has 94 valence electrons. The smallest absolute Gasteiger partial charge is 0.0593 e. The molecule has 0 aliphatic heterocycles. The van der Waals surface area contributed by atoms with E-state index >= 15 is 0 Å². The number of hydrogen-bond acceptors (Lipinski definition) is 1. The van der Waals surface area contributed by atoms with Gasteiger partial charge in [-0.3, -0.25) is 0 Å². The van der Waals surface area contributed by atoms with Crippen molar-refractivity contribution in [2.24, 2.45) is 0 Å². The average molecular weight is 390 g/mol. The van der Waals surface area contributed by atoms with Gasteiger partial charge < -0.3 is 5.32 Å². The number of halogens is 3. The average Bonchev–Trinajstić information content (AvgIpc) is 2.35. The molecular weight excluding hydrogens is 377 g/mol. The molecule has 1 unspecified atom stereocenters. The minimum Gasteiger partial charge on any atom is -0.378 e. The monoisotopic (exact) mass is 387 g/mol. The highest BCUT2D eigenvalue weighted by molar-refractivity contribution is 9.11. The molecule has 0 aliphatic carbocycles. The summed E-state index contributed by atoms with van der Waals surface area (Å²) >= 11 is 13.0. The van der Waals surface area contributed by atoms with Crippen LogP contribution in [0.25, 0.3) is 0 Å². The summed E-state index contributed by atoms with van der Waals surface area (Å²) in [4.78, 5) is 0. The van der Waals surface area contributed by atoms with Gasteiger partial charge in [-0.05, 0) is 52.7 Å². The number of nitrogens with one attached hydrogen (secondary N) is 1. The first-order chi connectivity index (χ1) is 8.58. The van der Waals surface area contributed by atoms with Crippen LogP contribution in [0.2, 0.25) is 5.02 Å². The van der Waals surface area contributed by atoms with Gasteiger partial charge in [-0.2, -0.15) is 0 Å². The number of anilines is 1. The van der Waals surface area contributed by atoms with E-state index in [-0.39, 0.29) is 6.04 Å². The fourth-order valence-corrected chi connectivity index (χ4v) is 2.68. The van der Waals surface area contributed by atoms with Crippen LogP contribution in [-0.2, 0) is 0 Å². The predicted molar refractivity (Wildman–Crippen MR) is 85.3 cm³/mol. The van der Waals surface area contributed by atoms with Gasteiger partial charge in [0.15, 0.2) is 0 Å². The molecule has 0 spiro atoms. The van der Waals surface area contributed by atoms with E-state index < -0.39 is 0 Å². The maximum absolute atomic E-state index is 6.07. The van der Waals surface area contributed by atoms with Crippen molar-refractivity contribution in [3.63, 3.8) is 0 Å². The molecule has 0 saturated heterocycles. The van der Waals surface area contributed by atoms with E-state index in [2.05, 4.69) is 56.2 Å². The fourth-order valence-electron chi connectivity index (χ4n) is 1.71. The Morgan fingerprint density at radius 1 is 1.11 bits per heavy atom. The van der Waals surface area contributed by atoms with E-state index in [1.807, 2.05) is 30.3 Å². The summed E-state index contributed by atoms with van der Waals surface area (Å²) in [6.07, 6.45) is 0. The van der Waals surface area contributed by atoms with Crippen LogP contribution < -0.4 is 5.32 Å². The van der Waals surface area contributed by atoms with E-state index in [9.17, 15) is 0 Å². The Bertz CT molecular complexity index is 557. The summed E-state index contributed by atoms with van der Waals surface area (Å²) < 4.78 is 1.98. The summed E-state index contributed by atoms with van der Waals surface area (Å²) in [5, 5.41) is 4.15. The first kappa shape index (κ1) is 13.9. The van der Waals surface area contributed by atoms with E-state index in [4.69, 9.17) is 11.6 Å². The molecule has 2 aromatic carbocycles. The molecule has 0 bridgehead atoms. The van der Waals surface area contributed by atoms with E-state index in [1.165, 1.54) is 5.56 Å². The van der Waals surface area contributed by atoms with Crippen LogP contribution in [0.1, 0.15) is 18.5 Å². The van der Waals surface area contributed by atoms with Crippen molar-refractivity contribution in [2.75, 3.05) is 5.32 Å². The molecule has 0 amide bonds. The number of rotatable bonds is 3. The zero-order valence-corrected chi connectivity index (χ0v) is 13.7. The third-order valence-corrected chi connectivity index (χ3v) is 4.56. The van der Waals surface area contributed by atoms with E-state index in [0.29, 0.717) is 5.02 Å². The molecule has 0 aromatic heterocycles. The van der Waals surface area contributed by atoms with Crippen LogP contribution in [0.3, 0.4) is 0 Å². The first-order valence-corrected chi connectivity index (χ1v) is 7.50. The molecule has 18 heavy (non-hydrogen) atoms. The highest BCUT2D eigenvalue weighted by Gasteiger charge is 2.09. The SMILES string of the molecule is CC(Nc1cccc(Cl)c1Br)c1cccc(Br)c1. The molecular formula is C14H12Br2ClN. The lowest BCUT2D eigenvalue weighted by molar-refractivity contribution is 0.882. The Kier molecular flexibility index (Phi) is 4.71. The Morgan fingerprint density at radius 3 is 2.56 bits per heavy atom. The molecule has 2 aromatic rings. The largest absolute Gasteiger partial charge is 0.378 e. The molecule has 1 N–H and O–H groups in total. The van der Waals surface area contributed by atoms with Crippen LogP contribution >= 0.6 is 43.5 Å². The first-order valence-electron chi connectivity index (χ1n) is 5.54. The number of hydrogen-bond donors (Lipinski definition) is 1. The summed E-state index contributed by atoms with van der Waals surface area (Å²) in [5.74, 6) is 0. The Hall–Kier alpha value is -0.510. The quantitative estimate of drug-likeness (QED) is 0.675. The van der Waals surface area contributed by atoms with Crippen molar-refractivity contribution in [3.05, 3.63) is 62.0 Å². The standard InChI is InChI=1S/C14H12Br2ClN/c1-9(10-4-2-5-11(15)8-10)18-13-7-3-6-12(17)14(13)16/h2-9,18H,1H3. The van der Waals surface area contributed by atoms with Gasteiger partial charge in [-0.25, -0.2) is 0 Å². The van der Waals surface area contributed by atoms with Gasteiger partial charge in [-0.1, -0.05) is 45.7 Å². The molecule has 1 nitrogen and oxygen atoms in total. The Labute approximate surface area is 129 Å². The predicted octanol–water partition coefficient (Wildman–Crippen LogP) is 6.04. The second kappa shape index (κ2) is 6.09. The lowest BCUT2D eigenvalue weighted by atomic mass is 10.1. The van der Waals surface area contributed by atoms with E-state index in [0.717, 1.165) is 14.6 Å². The van der Waals surface area contributed by atoms with Gasteiger partial charge in [-0.15, -0.1) is 0 Å². The van der Waals surface area contributed by atoms with Gasteiger partial charge in [0.25, 0.3) is 0 Å². The second-order valence-electron chi connectivity index (χ2n) is 4.02. The second-order valence-corrected chi connectivity index (χ2v) is 6.14. The molecule has 4 heteroatoms. The topological polar surface area (TPSA) is 12.0 Å². The van der Waals surface area contributed by atoms with Crippen LogP contribution in [0.4, 0.5) is 5.69 Å². The Morgan fingerprint density at radius 2 is 1.83 bits per heavy atom. The van der Waals surface area contributed by atoms with Gasteiger partial charge in [0.05, 0.1) is 15.2 Å². The van der Waals surface area contributed by atoms with Crippen molar-refractivity contribution in [3.8, 4) is 0 Å². The minimum atomic E-state index is 0.206. The highest BCUT2D eigenvalue weighted by atomic mass is 79.9. The van der Waals surface area contributed by atoms with Crippen LogP contribution in [0.15, 0.2) is 51.4 Å². The molecule has 0 aliphatic rings. The third-order valence-electron chi connectivity index (χ3n) is 2.67. The van der Waals surface area contributed by atoms with Gasteiger partial charge in [0, 0.05) is 10.5 Å². The van der Waals surface area contributed by atoms with Crippen LogP contribution in [0, 0.1) is 0 Å². The molecule has 2 rings (SSSR count). The lowest BCUT2D eigenvalue weighted by Crippen LogP contribution is -2.07. The van der Waals surface area contributed by atoms with E-state index in [1.54, 1.807) is 0 Å². The zero-order valence-electron chi connectivity index (χ0n) is 9.75. The molecule has 0 saturated carbocycles. The highest BCUT2D eigenvalue weighted by Crippen LogP contribution is 2.32. The molecule has 1 atom stereocenters. The fraction of sp³-hybridized carbons (Fsp3) is 0.143. The van der Waals surface area contributed by atoms with Crippen molar-refractivity contribution in [1.29, 1.82) is 0 Å². The summed E-state index contributed by atoms with van der Waals surface area (Å²) in [6, 6.07) is 14.3. The lowest BCUT2D eigenvalue weighted by Gasteiger charge is -2.17. The molecule has 0 fully saturated rings. The molecule has 0 heterocycles. The summed E-state index contributed by atoms with van der Waals surface area (Å²) in [6.45, 7) is 2.12. The number of benzene rings is 2. The van der Waals surface area contributed by atoms with Gasteiger partial charge in [0.2, 0.25) is 0 Å². The van der Waals surface area contributed by atoms with Crippen LogP contribution in [0.5, 0.6) is 0 Å². The summed E-state index contributed by atoms with van der Waals surface area (Å²) in [5.41, 5.74) is 2.21. The minimum absolute atomic E-state index is 0.206. The van der Waals surface area contributed by atoms with Crippen molar-refractivity contribution >= 4 is 49.1 Å². The maximum Gasteiger partial charge on any atom is 0.0593 e.